The Labute approximate surface area is 694 Å². The molecule has 6 saturated heterocycles. The maximum absolute atomic E-state index is 12.6. The topological polar surface area (TPSA) is 950 Å². The molecule has 0 aromatic carbocycles. The summed E-state index contributed by atoms with van der Waals surface area (Å²) >= 11 is 0. The molecular weight excluding hydrogens is 1840 g/mol. The van der Waals surface area contributed by atoms with Crippen LogP contribution < -0.4 is 56.6 Å². The number of anilines is 3. The van der Waals surface area contributed by atoms with Gasteiger partial charge >= 0.3 is 69.7 Å². The highest BCUT2D eigenvalue weighted by atomic mass is 31.3. The van der Waals surface area contributed by atoms with E-state index in [1.54, 1.807) is 0 Å². The Hall–Kier alpha value is -8.48. The van der Waals surface area contributed by atoms with Crippen molar-refractivity contribution in [2.45, 2.75) is 148 Å². The minimum absolute atomic E-state index is 0.103. The van der Waals surface area contributed by atoms with Crippen LogP contribution in [0.5, 0.6) is 0 Å². The number of nitrogens with one attached hydrogen (secondary N) is 3. The number of hydrogen-bond donors (Lipinski definition) is 23. The molecule has 8 aromatic heterocycles. The van der Waals surface area contributed by atoms with Gasteiger partial charge in [-0.2, -0.15) is 17.9 Å². The van der Waals surface area contributed by atoms with Crippen LogP contribution in [0.25, 0.3) is 22.3 Å². The van der Waals surface area contributed by atoms with E-state index in [2.05, 4.69) is 56.9 Å². The van der Waals surface area contributed by atoms with E-state index in [0.29, 0.717) is 4.57 Å². The number of aromatic amines is 3. The van der Waals surface area contributed by atoms with Crippen molar-refractivity contribution in [1.82, 2.24) is 77.2 Å². The first-order valence-electron chi connectivity index (χ1n) is 35.5. The first-order chi connectivity index (χ1) is 59.0. The maximum atomic E-state index is 12.6. The van der Waals surface area contributed by atoms with Crippen molar-refractivity contribution in [3.05, 3.63) is 147 Å². The number of nitrogens with zero attached hydrogens (tertiary/aromatic N) is 13. The maximum Gasteiger partial charge on any atom is 0.490 e. The van der Waals surface area contributed by atoms with E-state index in [4.69, 9.17) is 63.7 Å². The first-order valence-corrected chi connectivity index (χ1v) is 44.5. The molecule has 14 rings (SSSR count). The van der Waals surface area contributed by atoms with E-state index in [-0.39, 0.29) is 46.2 Å². The molecule has 6 fully saturated rings. The molecule has 6 aliphatic rings. The number of phosphoric ester groups is 4. The predicted molar refractivity (Wildman–Crippen MR) is 398 cm³/mol. The SMILES string of the molecule is Nc1ccn([C@H]2C[C@H](O)C(COP(=O)(O)OP(=O)(O)OP(=O)(O)OP(=O)(O)OC[C@H]3O[C@@H](n4ccc(=O)[nH]c4=O)[C@H](O)[C@@H]3O)O2)c(=O)n1.Nc1ncnc2c1ncn2[C@@H]1O[C@H](COP(=O)(O)OCC2O[C@@H](n3cnc4c(N)ncnc43)[C@H](O)[C@@H]2O)[C@@H](O)[C@H]1O.O=c1ccn([C@@H]2O[C@H](COP(=O)(O)OCC3O[C@@H](n4ccc(=O)[nH]c4=O)[C@H](O)[C@@H]3O)[C@@H](O)[C@H]2O)c(=O)[nH]1. The summed E-state index contributed by atoms with van der Waals surface area (Å²) in [5.41, 5.74) is 12.0. The van der Waals surface area contributed by atoms with E-state index in [1.165, 1.54) is 46.7 Å². The molecule has 0 aliphatic carbocycles. The van der Waals surface area contributed by atoms with Crippen LogP contribution in [0.4, 0.5) is 17.5 Å². The van der Waals surface area contributed by atoms with Crippen molar-refractivity contribution in [3.8, 4) is 0 Å². The number of ether oxygens (including phenoxy) is 6. The van der Waals surface area contributed by atoms with Gasteiger partial charge in [0.25, 0.3) is 16.7 Å². The summed E-state index contributed by atoms with van der Waals surface area (Å²) < 4.78 is 152. The highest BCUT2D eigenvalue weighted by Gasteiger charge is 2.53. The quantitative estimate of drug-likeness (QED) is 0.0186. The van der Waals surface area contributed by atoms with Crippen molar-refractivity contribution in [1.29, 1.82) is 0 Å². The molecule has 70 heteroatoms. The van der Waals surface area contributed by atoms with E-state index in [1.807, 2.05) is 15.0 Å². The zero-order valence-corrected chi connectivity index (χ0v) is 68.3. The third-order valence-electron chi connectivity index (χ3n) is 18.8. The zero-order valence-electron chi connectivity index (χ0n) is 62.9. The van der Waals surface area contributed by atoms with Crippen molar-refractivity contribution in [2.24, 2.45) is 0 Å². The second-order valence-corrected chi connectivity index (χ2v) is 36.4. The minimum Gasteiger partial charge on any atom is -0.390 e. The lowest BCUT2D eigenvalue weighted by Gasteiger charge is -2.21. The van der Waals surface area contributed by atoms with Gasteiger partial charge in [0.05, 0.1) is 58.4 Å². The standard InChI is InChI=1S/C20H25N10O10P.C18H27N5O21P4.C18H23N4O14P/c21-15-9-17(25-3-23-15)29(5-27-9)19-13(33)11(31)7(39-19)1-37-41(35,36)38-2-8-12(32)14(34)20(40-8)30-6-28-10-16(22)24-4-26-18(10)30;19-11-1-3-22(17(28)20-11)13-5-8(24)9(40-13)6-38-45(30,31)42-47(34,35)44-48(36,37)43-46(32,33)39-7-10-14(26)15(27)16(41-10)23-4-2-12(25)21-18(23)29;23-9-1-3-21(17(29)19-9)15-13(27)11(25)7(35-15)5-33-37(31,32)34-6-8-12(26)14(28)16(36-8)22-4-2-10(24)20-18(22)30/h3-8,11-14,19-20,31-34H,1-2H2,(H,35,36)(H2,21,23,25)(H2,22,24,26);1-4,8-10,13-16,24,26-27H,5-7H2,(H,30,31)(H,32,33)(H,34,35)(H,36,37)(H2,19,20,28)(H,21,25,29);1-4,7-8,11-16,25-28H,5-6H2,(H,31,32)(H,19,23,29)(H,20,24,30)/t7-,8?,11-,12-,13-,14-,19-,20-;8-,9?,10+,13+,14+,15+,16+;7-,8?,11-,12-,13-,14-,15-,16-/m101/s1. The molecule has 9 unspecified atom stereocenters. The summed E-state index contributed by atoms with van der Waals surface area (Å²) in [5, 5.41) is 113. The molecule has 0 saturated carbocycles. The largest absolute Gasteiger partial charge is 0.490 e. The van der Waals surface area contributed by atoms with Gasteiger partial charge in [-0.3, -0.25) is 83.9 Å². The van der Waals surface area contributed by atoms with Crippen LogP contribution in [-0.4, -0.2) is 306 Å². The number of aliphatic hydroxyl groups excluding tert-OH is 11. The molecular formula is C56H75N19O45P6. The van der Waals surface area contributed by atoms with Gasteiger partial charge in [0.2, 0.25) is 0 Å². The monoisotopic (exact) mass is 1920 g/mol. The lowest BCUT2D eigenvalue weighted by atomic mass is 10.1. The van der Waals surface area contributed by atoms with Crippen LogP contribution in [0.3, 0.4) is 0 Å². The first kappa shape index (κ1) is 96.6. The number of nitrogen functional groups attached to an aromatic ring is 3. The van der Waals surface area contributed by atoms with Gasteiger partial charge in [-0.1, -0.05) is 0 Å². The molecule has 694 valence electrons. The van der Waals surface area contributed by atoms with Crippen LogP contribution >= 0.6 is 46.9 Å². The van der Waals surface area contributed by atoms with Crippen molar-refractivity contribution in [3.63, 3.8) is 0 Å². The number of H-pyrrole nitrogens is 3. The van der Waals surface area contributed by atoms with Gasteiger partial charge < -0.3 is 131 Å². The van der Waals surface area contributed by atoms with Gasteiger partial charge in [0.15, 0.2) is 54.1 Å². The number of aliphatic hydroxyl groups is 11. The highest BCUT2D eigenvalue weighted by Crippen LogP contribution is 2.72. The summed E-state index contributed by atoms with van der Waals surface area (Å²) in [6.45, 7) is -5.09. The summed E-state index contributed by atoms with van der Waals surface area (Å²) in [5.74, 6) is 0.105. The Morgan fingerprint density at radius 1 is 0.357 bits per heavy atom. The Morgan fingerprint density at radius 3 is 0.952 bits per heavy atom. The smallest absolute Gasteiger partial charge is 0.390 e. The van der Waals surface area contributed by atoms with E-state index < -0.39 is 267 Å². The Morgan fingerprint density at radius 2 is 0.643 bits per heavy atom. The molecule has 8 aromatic rings. The average Bonchev–Trinajstić information content (AvgIpc) is 1.62. The van der Waals surface area contributed by atoms with E-state index in [0.717, 1.165) is 50.5 Å². The van der Waals surface area contributed by atoms with Crippen molar-refractivity contribution < 1.29 is 181 Å². The van der Waals surface area contributed by atoms with Gasteiger partial charge in [-0.25, -0.2) is 76.5 Å². The second kappa shape index (κ2) is 38.7. The number of aromatic nitrogens is 16. The lowest BCUT2D eigenvalue weighted by Crippen LogP contribution is -2.37. The van der Waals surface area contributed by atoms with Gasteiger partial charge in [-0.05, 0) is 6.07 Å². The minimum atomic E-state index is -6.19. The summed E-state index contributed by atoms with van der Waals surface area (Å²) in [6.07, 6.45) is -25.3. The van der Waals surface area contributed by atoms with Gasteiger partial charge in [0, 0.05) is 49.4 Å². The molecule has 26 N–H and O–H groups in total. The van der Waals surface area contributed by atoms with Crippen LogP contribution in [0.1, 0.15) is 43.8 Å². The fourth-order valence-corrected chi connectivity index (χ4v) is 19.2. The van der Waals surface area contributed by atoms with Crippen molar-refractivity contribution >= 4 is 86.7 Å². The van der Waals surface area contributed by atoms with Crippen LogP contribution in [0.15, 0.2) is 108 Å². The number of phosphoric acid groups is 6. The van der Waals surface area contributed by atoms with Crippen LogP contribution in [0.2, 0.25) is 0 Å². The zero-order chi connectivity index (χ0) is 91.9. The van der Waals surface area contributed by atoms with E-state index in [9.17, 15) is 146 Å². The number of hydrogen-bond acceptors (Lipinski definition) is 49. The molecule has 6 aliphatic heterocycles. The van der Waals surface area contributed by atoms with Crippen LogP contribution in [0, 0.1) is 0 Å². The average molecular weight is 1920 g/mol. The molecule has 126 heavy (non-hydrogen) atoms. The Balaban J connectivity index is 0.000000173. The molecule has 0 spiro atoms. The second-order valence-electron chi connectivity index (χ2n) is 27.3. The highest BCUT2D eigenvalue weighted by molar-refractivity contribution is 7.69. The number of rotatable bonds is 30. The van der Waals surface area contributed by atoms with E-state index >= 15 is 0 Å². The Bertz CT molecular complexity index is 5800. The lowest BCUT2D eigenvalue weighted by molar-refractivity contribution is -0.0641. The molecule has 0 bridgehead atoms. The Kier molecular flexibility index (Phi) is 29.6. The molecule has 64 nitrogen and oxygen atoms in total. The molecule has 0 radical (unpaired) electrons. The summed E-state index contributed by atoms with van der Waals surface area (Å²) in [7, 11) is -33.5. The number of nitrogens with two attached hydrogens (primary N) is 3. The normalized spacial score (nSPS) is 32.0. The molecule has 14 heterocycles. The fourth-order valence-electron chi connectivity index (χ4n) is 12.7. The van der Waals surface area contributed by atoms with Gasteiger partial charge in [0.1, 0.15) is 133 Å². The third-order valence-corrected chi connectivity index (χ3v) is 26.6. The number of imidazole rings is 2. The molecule has 29 atom stereocenters. The summed E-state index contributed by atoms with van der Waals surface area (Å²) in [4.78, 5) is 174. The van der Waals surface area contributed by atoms with Crippen molar-refractivity contribution in [2.75, 3.05) is 56.8 Å². The fraction of sp³-hybridized carbons (Fsp3) is 0.536. The van der Waals surface area contributed by atoms with Gasteiger partial charge in [-0.15, -0.1) is 0 Å². The molecule has 0 amide bonds. The van der Waals surface area contributed by atoms with Crippen LogP contribution in [-0.2, 0) is 95.9 Å². The predicted octanol–water partition coefficient (Wildman–Crippen LogP) is -10.2. The third kappa shape index (κ3) is 22.5. The number of fused-ring (bicyclic) bond motifs is 2. The summed E-state index contributed by atoms with van der Waals surface area (Å²) in [6, 6.07) is 4.09.